The molecule has 1 aliphatic rings. The molecule has 0 bridgehead atoms. The predicted octanol–water partition coefficient (Wildman–Crippen LogP) is 2.65. The van der Waals surface area contributed by atoms with Gasteiger partial charge in [0.2, 0.25) is 5.91 Å². The summed E-state index contributed by atoms with van der Waals surface area (Å²) in [4.78, 5) is 18.8. The fourth-order valence-electron chi connectivity index (χ4n) is 2.88. The number of amides is 1. The lowest BCUT2D eigenvalue weighted by Gasteiger charge is -2.38. The van der Waals surface area contributed by atoms with E-state index in [9.17, 15) is 4.79 Å². The predicted molar refractivity (Wildman–Crippen MR) is 86.7 cm³/mol. The number of aromatic nitrogens is 2. The normalized spacial score (nSPS) is 17.2. The van der Waals surface area contributed by atoms with Gasteiger partial charge >= 0.3 is 0 Å². The standard InChI is InChI=1S/C16H21N3O3S/c1-16(15-17-7-10-23-15)5-8-19(9-6-16)14(20)4-3-12-11-13(21-2)18-22-12/h7,10-11H,3-6,8-9H2,1-2H3. The third-order valence-corrected chi connectivity index (χ3v) is 5.58. The SMILES string of the molecule is COc1cc(CCC(=O)N2CCC(C)(c3nccs3)CC2)on1. The van der Waals surface area contributed by atoms with E-state index in [1.165, 1.54) is 5.01 Å². The van der Waals surface area contributed by atoms with Crippen LogP contribution in [0.15, 0.2) is 22.2 Å². The molecule has 1 amide bonds. The van der Waals surface area contributed by atoms with Crippen LogP contribution in [0.3, 0.4) is 0 Å². The van der Waals surface area contributed by atoms with Crippen LogP contribution in [0.1, 0.15) is 37.0 Å². The first kappa shape index (κ1) is 16.0. The number of piperidine rings is 1. The van der Waals surface area contributed by atoms with Gasteiger partial charge in [0.15, 0.2) is 0 Å². The maximum atomic E-state index is 12.4. The van der Waals surface area contributed by atoms with E-state index < -0.39 is 0 Å². The van der Waals surface area contributed by atoms with Gasteiger partial charge < -0.3 is 14.2 Å². The van der Waals surface area contributed by atoms with Crippen molar-refractivity contribution in [3.8, 4) is 5.88 Å². The van der Waals surface area contributed by atoms with E-state index in [1.807, 2.05) is 16.5 Å². The van der Waals surface area contributed by atoms with E-state index in [-0.39, 0.29) is 11.3 Å². The summed E-state index contributed by atoms with van der Waals surface area (Å²) >= 11 is 1.70. The molecule has 0 atom stereocenters. The first-order chi connectivity index (χ1) is 11.1. The molecule has 0 unspecified atom stereocenters. The number of rotatable bonds is 5. The Kier molecular flexibility index (Phi) is 4.66. The maximum absolute atomic E-state index is 12.4. The molecule has 1 saturated heterocycles. The summed E-state index contributed by atoms with van der Waals surface area (Å²) in [5.41, 5.74) is 0.100. The van der Waals surface area contributed by atoms with Gasteiger partial charge in [-0.1, -0.05) is 6.92 Å². The first-order valence-electron chi connectivity index (χ1n) is 7.78. The number of aryl methyl sites for hydroxylation is 1. The number of carbonyl (C=O) groups excluding carboxylic acids is 1. The third kappa shape index (κ3) is 3.55. The number of hydrogen-bond acceptors (Lipinski definition) is 6. The molecular formula is C16H21N3O3S. The lowest BCUT2D eigenvalue weighted by Crippen LogP contribution is -2.43. The zero-order valence-electron chi connectivity index (χ0n) is 13.4. The van der Waals surface area contributed by atoms with E-state index in [1.54, 1.807) is 24.5 Å². The Labute approximate surface area is 139 Å². The number of likely N-dealkylation sites (tertiary alicyclic amines) is 1. The average molecular weight is 335 g/mol. The van der Waals surface area contributed by atoms with Gasteiger partial charge in [0.25, 0.3) is 5.88 Å². The number of methoxy groups -OCH3 is 1. The summed E-state index contributed by atoms with van der Waals surface area (Å²) in [6, 6.07) is 1.73. The molecule has 7 heteroatoms. The molecule has 0 radical (unpaired) electrons. The number of thiazole rings is 1. The van der Waals surface area contributed by atoms with E-state index in [0.717, 1.165) is 25.9 Å². The van der Waals surface area contributed by atoms with E-state index >= 15 is 0 Å². The summed E-state index contributed by atoms with van der Waals surface area (Å²) in [5.74, 6) is 1.30. The monoisotopic (exact) mass is 335 g/mol. The highest BCUT2D eigenvalue weighted by Crippen LogP contribution is 2.36. The topological polar surface area (TPSA) is 68.5 Å². The Morgan fingerprint density at radius 1 is 1.48 bits per heavy atom. The number of hydrogen-bond donors (Lipinski definition) is 0. The first-order valence-corrected chi connectivity index (χ1v) is 8.66. The summed E-state index contributed by atoms with van der Waals surface area (Å²) in [6.07, 6.45) is 4.76. The number of ether oxygens (including phenoxy) is 1. The highest BCUT2D eigenvalue weighted by atomic mass is 32.1. The van der Waals surface area contributed by atoms with E-state index in [2.05, 4.69) is 17.1 Å². The molecule has 2 aromatic heterocycles. The van der Waals surface area contributed by atoms with E-state index in [4.69, 9.17) is 9.26 Å². The molecule has 3 heterocycles. The van der Waals surface area contributed by atoms with Crippen molar-refractivity contribution in [2.24, 2.45) is 0 Å². The molecule has 0 aliphatic carbocycles. The van der Waals surface area contributed by atoms with Crippen LogP contribution in [0, 0.1) is 0 Å². The maximum Gasteiger partial charge on any atom is 0.254 e. The number of carbonyl (C=O) groups is 1. The quantitative estimate of drug-likeness (QED) is 0.840. The van der Waals surface area contributed by atoms with Crippen molar-refractivity contribution < 1.29 is 14.1 Å². The highest BCUT2D eigenvalue weighted by molar-refractivity contribution is 7.09. The molecule has 2 aromatic rings. The molecular weight excluding hydrogens is 314 g/mol. The minimum Gasteiger partial charge on any atom is -0.479 e. The van der Waals surface area contributed by atoms with Crippen molar-refractivity contribution in [3.63, 3.8) is 0 Å². The van der Waals surface area contributed by atoms with E-state index in [0.29, 0.717) is 24.5 Å². The van der Waals surface area contributed by atoms with Crippen LogP contribution in [0.25, 0.3) is 0 Å². The second-order valence-electron chi connectivity index (χ2n) is 6.11. The molecule has 3 rings (SSSR count). The molecule has 1 aliphatic heterocycles. The van der Waals surface area contributed by atoms with Crippen molar-refractivity contribution in [1.82, 2.24) is 15.0 Å². The van der Waals surface area contributed by atoms with Gasteiger partial charge in [0, 0.05) is 49.0 Å². The Bertz CT molecular complexity index is 645. The van der Waals surface area contributed by atoms with Crippen molar-refractivity contribution in [3.05, 3.63) is 28.4 Å². The van der Waals surface area contributed by atoms with Gasteiger partial charge in [0.05, 0.1) is 12.1 Å². The smallest absolute Gasteiger partial charge is 0.254 e. The molecule has 0 aromatic carbocycles. The minimum absolute atomic E-state index is 0.100. The third-order valence-electron chi connectivity index (χ3n) is 4.50. The van der Waals surface area contributed by atoms with Gasteiger partial charge in [-0.3, -0.25) is 4.79 Å². The van der Waals surface area contributed by atoms with Crippen molar-refractivity contribution in [1.29, 1.82) is 0 Å². The fourth-order valence-corrected chi connectivity index (χ4v) is 3.74. The van der Waals surface area contributed by atoms with Crippen molar-refractivity contribution >= 4 is 17.2 Å². The lowest BCUT2D eigenvalue weighted by molar-refractivity contribution is -0.132. The zero-order chi connectivity index (χ0) is 16.3. The van der Waals surface area contributed by atoms with Crippen LogP contribution in [0.5, 0.6) is 5.88 Å². The van der Waals surface area contributed by atoms with Crippen molar-refractivity contribution in [2.75, 3.05) is 20.2 Å². The average Bonchev–Trinajstić information content (AvgIpc) is 3.25. The number of nitrogens with zero attached hydrogens (tertiary/aromatic N) is 3. The zero-order valence-corrected chi connectivity index (χ0v) is 14.3. The Morgan fingerprint density at radius 2 is 2.26 bits per heavy atom. The summed E-state index contributed by atoms with van der Waals surface area (Å²) in [5, 5.41) is 6.94. The van der Waals surface area contributed by atoms with Crippen LogP contribution < -0.4 is 4.74 Å². The molecule has 6 nitrogen and oxygen atoms in total. The summed E-state index contributed by atoms with van der Waals surface area (Å²) in [7, 11) is 1.54. The van der Waals surface area contributed by atoms with Gasteiger partial charge in [0.1, 0.15) is 5.76 Å². The molecule has 124 valence electrons. The largest absolute Gasteiger partial charge is 0.479 e. The second-order valence-corrected chi connectivity index (χ2v) is 7.01. The second kappa shape index (κ2) is 6.70. The van der Waals surface area contributed by atoms with Crippen LogP contribution in [-0.4, -0.2) is 41.1 Å². The fraction of sp³-hybridized carbons (Fsp3) is 0.562. The molecule has 0 N–H and O–H groups in total. The molecule has 1 fully saturated rings. The highest BCUT2D eigenvalue weighted by Gasteiger charge is 2.35. The van der Waals surface area contributed by atoms with Crippen LogP contribution in [0.4, 0.5) is 0 Å². The van der Waals surface area contributed by atoms with Crippen LogP contribution >= 0.6 is 11.3 Å². The molecule has 0 saturated carbocycles. The lowest BCUT2D eigenvalue weighted by atomic mass is 9.81. The van der Waals surface area contributed by atoms with Crippen molar-refractivity contribution in [2.45, 2.75) is 38.0 Å². The van der Waals surface area contributed by atoms with Crippen LogP contribution in [-0.2, 0) is 16.6 Å². The van der Waals surface area contributed by atoms with Crippen LogP contribution in [0.2, 0.25) is 0 Å². The molecule has 23 heavy (non-hydrogen) atoms. The Balaban J connectivity index is 1.50. The Hall–Kier alpha value is -1.89. The van der Waals surface area contributed by atoms with Gasteiger partial charge in [-0.2, -0.15) is 0 Å². The summed E-state index contributed by atoms with van der Waals surface area (Å²) in [6.45, 7) is 3.82. The minimum atomic E-state index is 0.100. The van der Waals surface area contributed by atoms with Gasteiger partial charge in [-0.15, -0.1) is 11.3 Å². The van der Waals surface area contributed by atoms with Gasteiger partial charge in [-0.25, -0.2) is 4.98 Å². The Morgan fingerprint density at radius 3 is 2.87 bits per heavy atom. The summed E-state index contributed by atoms with van der Waals surface area (Å²) < 4.78 is 10.1. The molecule has 0 spiro atoms. The van der Waals surface area contributed by atoms with Gasteiger partial charge in [-0.05, 0) is 18.0 Å².